The van der Waals surface area contributed by atoms with Gasteiger partial charge in [-0.15, -0.1) is 0 Å². The molecule has 1 aromatic rings. The second kappa shape index (κ2) is 8.64. The summed E-state index contributed by atoms with van der Waals surface area (Å²) >= 11 is 0. The van der Waals surface area contributed by atoms with Crippen LogP contribution in [-0.2, 0) is 11.3 Å². The van der Waals surface area contributed by atoms with Crippen LogP contribution in [0, 0.1) is 0 Å². The van der Waals surface area contributed by atoms with E-state index in [1.807, 2.05) is 23.1 Å². The Morgan fingerprint density at radius 3 is 2.95 bits per heavy atom. The number of carbonyl (C=O) groups excluding carboxylic acids is 1. The fourth-order valence-corrected chi connectivity index (χ4v) is 2.56. The Morgan fingerprint density at radius 2 is 2.19 bits per heavy atom. The lowest BCUT2D eigenvalue weighted by atomic mass is 10.1. The average Bonchev–Trinajstić information content (AvgIpc) is 2.54. The second-order valence-corrected chi connectivity index (χ2v) is 5.38. The number of benzene rings is 1. The van der Waals surface area contributed by atoms with Crippen molar-refractivity contribution in [3.05, 3.63) is 35.9 Å². The Kier molecular flexibility index (Phi) is 6.50. The normalized spacial score (nSPS) is 18.5. The molecule has 0 aromatic heterocycles. The zero-order chi connectivity index (χ0) is 14.9. The number of hydrogen-bond acceptors (Lipinski definition) is 3. The van der Waals surface area contributed by atoms with E-state index < -0.39 is 0 Å². The fourth-order valence-electron chi connectivity index (χ4n) is 2.56. The number of methoxy groups -OCH3 is 1. The highest BCUT2D eigenvalue weighted by Gasteiger charge is 2.22. The van der Waals surface area contributed by atoms with Gasteiger partial charge in [-0.1, -0.05) is 30.3 Å². The molecule has 0 spiro atoms. The van der Waals surface area contributed by atoms with E-state index in [-0.39, 0.29) is 6.03 Å². The van der Waals surface area contributed by atoms with Crippen molar-refractivity contribution in [1.29, 1.82) is 0 Å². The van der Waals surface area contributed by atoms with E-state index in [0.29, 0.717) is 19.2 Å². The van der Waals surface area contributed by atoms with Crippen molar-refractivity contribution in [2.24, 2.45) is 0 Å². The lowest BCUT2D eigenvalue weighted by Gasteiger charge is -2.33. The van der Waals surface area contributed by atoms with Crippen molar-refractivity contribution >= 4 is 6.03 Å². The molecule has 21 heavy (non-hydrogen) atoms. The molecule has 1 saturated heterocycles. The van der Waals surface area contributed by atoms with E-state index in [4.69, 9.17) is 4.74 Å². The van der Waals surface area contributed by atoms with E-state index in [1.54, 1.807) is 7.11 Å². The first-order valence-corrected chi connectivity index (χ1v) is 7.58. The van der Waals surface area contributed by atoms with E-state index in [0.717, 1.165) is 32.5 Å². The lowest BCUT2D eigenvalue weighted by molar-refractivity contribution is 0.163. The minimum Gasteiger partial charge on any atom is -0.383 e. The van der Waals surface area contributed by atoms with Gasteiger partial charge in [-0.3, -0.25) is 0 Å². The van der Waals surface area contributed by atoms with Crippen LogP contribution in [0.4, 0.5) is 4.79 Å². The Balaban J connectivity index is 1.74. The van der Waals surface area contributed by atoms with E-state index in [1.165, 1.54) is 5.56 Å². The van der Waals surface area contributed by atoms with Gasteiger partial charge in [0.15, 0.2) is 0 Å². The maximum absolute atomic E-state index is 12.0. The number of rotatable bonds is 6. The first kappa shape index (κ1) is 15.8. The highest BCUT2D eigenvalue weighted by Crippen LogP contribution is 2.11. The average molecular weight is 291 g/mol. The summed E-state index contributed by atoms with van der Waals surface area (Å²) < 4.78 is 4.94. The zero-order valence-corrected chi connectivity index (χ0v) is 12.7. The van der Waals surface area contributed by atoms with E-state index in [9.17, 15) is 4.79 Å². The van der Waals surface area contributed by atoms with Crippen molar-refractivity contribution in [1.82, 2.24) is 15.5 Å². The van der Waals surface area contributed by atoms with Gasteiger partial charge >= 0.3 is 6.03 Å². The number of ether oxygens (including phenoxy) is 1. The van der Waals surface area contributed by atoms with Crippen molar-refractivity contribution in [2.75, 3.05) is 33.4 Å². The molecule has 1 fully saturated rings. The van der Waals surface area contributed by atoms with Gasteiger partial charge in [-0.05, 0) is 18.4 Å². The highest BCUT2D eigenvalue weighted by atomic mass is 16.5. The Morgan fingerprint density at radius 1 is 1.38 bits per heavy atom. The van der Waals surface area contributed by atoms with Crippen LogP contribution in [0.25, 0.3) is 0 Å². The molecule has 1 aromatic carbocycles. The third kappa shape index (κ3) is 5.36. The van der Waals surface area contributed by atoms with Gasteiger partial charge in [0.25, 0.3) is 0 Å². The van der Waals surface area contributed by atoms with Crippen LogP contribution in [0.2, 0.25) is 0 Å². The third-order valence-electron chi connectivity index (χ3n) is 3.73. The number of urea groups is 1. The minimum absolute atomic E-state index is 0.0123. The summed E-state index contributed by atoms with van der Waals surface area (Å²) in [5.74, 6) is 0. The topological polar surface area (TPSA) is 53.6 Å². The van der Waals surface area contributed by atoms with Crippen LogP contribution in [0.3, 0.4) is 0 Å². The highest BCUT2D eigenvalue weighted by molar-refractivity contribution is 5.74. The van der Waals surface area contributed by atoms with Gasteiger partial charge in [0.2, 0.25) is 0 Å². The molecule has 2 amide bonds. The molecule has 0 saturated carbocycles. The predicted molar refractivity (Wildman–Crippen MR) is 83.2 cm³/mol. The number of likely N-dealkylation sites (tertiary alicyclic amines) is 1. The molecule has 2 N–H and O–H groups in total. The van der Waals surface area contributed by atoms with E-state index in [2.05, 4.69) is 22.8 Å². The maximum Gasteiger partial charge on any atom is 0.317 e. The molecule has 5 nitrogen and oxygen atoms in total. The molecule has 1 unspecified atom stereocenters. The molecular weight excluding hydrogens is 266 g/mol. The number of amides is 2. The van der Waals surface area contributed by atoms with Crippen molar-refractivity contribution in [2.45, 2.75) is 25.4 Å². The monoisotopic (exact) mass is 291 g/mol. The first-order valence-electron chi connectivity index (χ1n) is 7.58. The summed E-state index contributed by atoms with van der Waals surface area (Å²) in [6, 6.07) is 10.7. The van der Waals surface area contributed by atoms with Crippen LogP contribution in [0.5, 0.6) is 0 Å². The SMILES string of the molecule is COCCNC(=O)N1CCCC(NCc2ccccc2)C1. The number of hydrogen-bond donors (Lipinski definition) is 2. The summed E-state index contributed by atoms with van der Waals surface area (Å²) in [6.07, 6.45) is 2.17. The minimum atomic E-state index is 0.0123. The molecule has 1 heterocycles. The second-order valence-electron chi connectivity index (χ2n) is 5.38. The Hall–Kier alpha value is -1.59. The molecule has 0 radical (unpaired) electrons. The quantitative estimate of drug-likeness (QED) is 0.783. The summed E-state index contributed by atoms with van der Waals surface area (Å²) in [7, 11) is 1.64. The molecule has 1 atom stereocenters. The van der Waals surface area contributed by atoms with Gasteiger partial charge in [0.05, 0.1) is 6.61 Å². The van der Waals surface area contributed by atoms with Gasteiger partial charge in [-0.25, -0.2) is 4.79 Å². The van der Waals surface area contributed by atoms with Crippen LogP contribution in [-0.4, -0.2) is 50.3 Å². The van der Waals surface area contributed by atoms with Crippen LogP contribution in [0.1, 0.15) is 18.4 Å². The van der Waals surface area contributed by atoms with Crippen molar-refractivity contribution in [3.63, 3.8) is 0 Å². The smallest absolute Gasteiger partial charge is 0.317 e. The standard InChI is InChI=1S/C16H25N3O2/c1-21-11-9-17-16(20)19-10-5-8-15(13-19)18-12-14-6-3-2-4-7-14/h2-4,6-7,15,18H,5,8-13H2,1H3,(H,17,20). The molecule has 116 valence electrons. The Labute approximate surface area is 126 Å². The van der Waals surface area contributed by atoms with E-state index >= 15 is 0 Å². The fraction of sp³-hybridized carbons (Fsp3) is 0.562. The molecule has 5 heteroatoms. The first-order chi connectivity index (χ1) is 10.3. The predicted octanol–water partition coefficient (Wildman–Crippen LogP) is 1.60. The van der Waals surface area contributed by atoms with Crippen molar-refractivity contribution < 1.29 is 9.53 Å². The number of nitrogens with one attached hydrogen (secondary N) is 2. The summed E-state index contributed by atoms with van der Waals surface area (Å²) in [6.45, 7) is 3.57. The van der Waals surface area contributed by atoms with Crippen LogP contribution >= 0.6 is 0 Å². The molecule has 0 bridgehead atoms. The maximum atomic E-state index is 12.0. The summed E-state index contributed by atoms with van der Waals surface area (Å²) in [4.78, 5) is 13.9. The number of carbonyl (C=O) groups is 1. The van der Waals surface area contributed by atoms with Gasteiger partial charge < -0.3 is 20.3 Å². The lowest BCUT2D eigenvalue weighted by Crippen LogP contribution is -2.51. The molecule has 2 rings (SSSR count). The molecule has 1 aliphatic heterocycles. The van der Waals surface area contributed by atoms with Gasteiger partial charge in [-0.2, -0.15) is 0 Å². The van der Waals surface area contributed by atoms with Crippen molar-refractivity contribution in [3.8, 4) is 0 Å². The number of piperidine rings is 1. The van der Waals surface area contributed by atoms with Crippen LogP contribution < -0.4 is 10.6 Å². The number of nitrogens with zero attached hydrogens (tertiary/aromatic N) is 1. The molecule has 1 aliphatic rings. The van der Waals surface area contributed by atoms with Gasteiger partial charge in [0, 0.05) is 39.3 Å². The largest absolute Gasteiger partial charge is 0.383 e. The summed E-state index contributed by atoms with van der Waals surface area (Å²) in [5, 5.41) is 6.43. The van der Waals surface area contributed by atoms with Crippen LogP contribution in [0.15, 0.2) is 30.3 Å². The molecule has 0 aliphatic carbocycles. The van der Waals surface area contributed by atoms with Gasteiger partial charge in [0.1, 0.15) is 0 Å². The molecular formula is C16H25N3O2. The summed E-state index contributed by atoms with van der Waals surface area (Å²) in [5.41, 5.74) is 1.28. The third-order valence-corrected chi connectivity index (χ3v) is 3.73. The Bertz CT molecular complexity index is 425. The zero-order valence-electron chi connectivity index (χ0n) is 12.7.